The fourth-order valence-electron chi connectivity index (χ4n) is 2.49. The minimum Gasteiger partial charge on any atom is -0.330 e. The molecule has 16 heavy (non-hydrogen) atoms. The number of hydrogen-bond donors (Lipinski definition) is 1. The standard InChI is InChI=1S/C13H16N2O/c14-7-12-10-3-1-2-4-11(10)13(16)15(12)8-9-5-6-9/h1-4,9,12H,5-8,14H2/t12-/m1/s1. The molecule has 1 aliphatic heterocycles. The van der Waals surface area contributed by atoms with E-state index in [4.69, 9.17) is 5.73 Å². The third-order valence-electron chi connectivity index (χ3n) is 3.56. The molecule has 2 aliphatic rings. The highest BCUT2D eigenvalue weighted by molar-refractivity contribution is 5.99. The van der Waals surface area contributed by atoms with Crippen molar-refractivity contribution in [2.75, 3.05) is 13.1 Å². The zero-order chi connectivity index (χ0) is 11.1. The van der Waals surface area contributed by atoms with Crippen LogP contribution in [0.4, 0.5) is 0 Å². The van der Waals surface area contributed by atoms with E-state index < -0.39 is 0 Å². The van der Waals surface area contributed by atoms with Crippen molar-refractivity contribution in [1.29, 1.82) is 0 Å². The van der Waals surface area contributed by atoms with Gasteiger partial charge < -0.3 is 10.6 Å². The summed E-state index contributed by atoms with van der Waals surface area (Å²) < 4.78 is 0. The first kappa shape index (κ1) is 9.85. The zero-order valence-corrected chi connectivity index (χ0v) is 9.23. The number of benzene rings is 1. The third kappa shape index (κ3) is 1.43. The summed E-state index contributed by atoms with van der Waals surface area (Å²) in [6, 6.07) is 7.94. The Bertz CT molecular complexity index is 426. The highest BCUT2D eigenvalue weighted by Gasteiger charge is 2.38. The Morgan fingerprint density at radius 3 is 2.75 bits per heavy atom. The lowest BCUT2D eigenvalue weighted by atomic mass is 10.1. The van der Waals surface area contributed by atoms with E-state index in [1.807, 2.05) is 29.2 Å². The maximum absolute atomic E-state index is 12.2. The van der Waals surface area contributed by atoms with Crippen LogP contribution in [0.5, 0.6) is 0 Å². The highest BCUT2D eigenvalue weighted by Crippen LogP contribution is 2.37. The van der Waals surface area contributed by atoms with Crippen LogP contribution in [0.15, 0.2) is 24.3 Å². The summed E-state index contributed by atoms with van der Waals surface area (Å²) in [7, 11) is 0. The van der Waals surface area contributed by atoms with Crippen molar-refractivity contribution < 1.29 is 4.79 Å². The van der Waals surface area contributed by atoms with Gasteiger partial charge in [0.1, 0.15) is 0 Å². The molecule has 2 N–H and O–H groups in total. The monoisotopic (exact) mass is 216 g/mol. The minimum absolute atomic E-state index is 0.101. The van der Waals surface area contributed by atoms with Gasteiger partial charge in [-0.3, -0.25) is 4.79 Å². The number of carbonyl (C=O) groups excluding carboxylic acids is 1. The van der Waals surface area contributed by atoms with Gasteiger partial charge in [-0.05, 0) is 30.4 Å². The predicted molar refractivity (Wildman–Crippen MR) is 62.0 cm³/mol. The van der Waals surface area contributed by atoms with Crippen LogP contribution >= 0.6 is 0 Å². The van der Waals surface area contributed by atoms with E-state index in [1.165, 1.54) is 12.8 Å². The third-order valence-corrected chi connectivity index (χ3v) is 3.56. The maximum atomic E-state index is 12.2. The average Bonchev–Trinajstić information content (AvgIpc) is 3.08. The Balaban J connectivity index is 1.94. The van der Waals surface area contributed by atoms with Gasteiger partial charge in [-0.1, -0.05) is 18.2 Å². The van der Waals surface area contributed by atoms with Crippen LogP contribution in [-0.2, 0) is 0 Å². The molecule has 0 bridgehead atoms. The molecule has 1 aromatic carbocycles. The summed E-state index contributed by atoms with van der Waals surface area (Å²) in [6.45, 7) is 1.41. The van der Waals surface area contributed by atoms with Crippen LogP contribution in [0.25, 0.3) is 0 Å². The molecule has 0 unspecified atom stereocenters. The SMILES string of the molecule is NC[C@@H]1c2ccccc2C(=O)N1CC1CC1. The van der Waals surface area contributed by atoms with Gasteiger partial charge in [0.2, 0.25) is 0 Å². The molecule has 1 heterocycles. The van der Waals surface area contributed by atoms with Gasteiger partial charge in [0.05, 0.1) is 6.04 Å². The molecule has 0 aromatic heterocycles. The second kappa shape index (κ2) is 3.59. The van der Waals surface area contributed by atoms with Gasteiger partial charge in [0, 0.05) is 18.7 Å². The van der Waals surface area contributed by atoms with Gasteiger partial charge in [0.25, 0.3) is 5.91 Å². The molecule has 1 aliphatic carbocycles. The zero-order valence-electron chi connectivity index (χ0n) is 9.23. The number of rotatable bonds is 3. The lowest BCUT2D eigenvalue weighted by Crippen LogP contribution is -2.33. The molecular weight excluding hydrogens is 200 g/mol. The lowest BCUT2D eigenvalue weighted by Gasteiger charge is -2.23. The number of carbonyl (C=O) groups is 1. The first-order valence-corrected chi connectivity index (χ1v) is 5.91. The van der Waals surface area contributed by atoms with Crippen LogP contribution in [-0.4, -0.2) is 23.9 Å². The molecule has 1 amide bonds. The Morgan fingerprint density at radius 2 is 2.06 bits per heavy atom. The van der Waals surface area contributed by atoms with Crippen LogP contribution < -0.4 is 5.73 Å². The molecule has 0 saturated heterocycles. The number of fused-ring (bicyclic) bond motifs is 1. The molecule has 3 rings (SSSR count). The fourth-order valence-corrected chi connectivity index (χ4v) is 2.49. The molecule has 1 fully saturated rings. The summed E-state index contributed by atoms with van der Waals surface area (Å²) in [5, 5.41) is 0. The lowest BCUT2D eigenvalue weighted by molar-refractivity contribution is 0.0721. The summed E-state index contributed by atoms with van der Waals surface area (Å²) in [5.74, 6) is 0.880. The molecule has 3 heteroatoms. The van der Waals surface area contributed by atoms with E-state index in [2.05, 4.69) is 0 Å². The van der Waals surface area contributed by atoms with Crippen molar-refractivity contribution in [2.24, 2.45) is 11.7 Å². The molecule has 1 saturated carbocycles. The highest BCUT2D eigenvalue weighted by atomic mass is 16.2. The van der Waals surface area contributed by atoms with Crippen molar-refractivity contribution in [2.45, 2.75) is 18.9 Å². The Morgan fingerprint density at radius 1 is 1.31 bits per heavy atom. The molecule has 0 spiro atoms. The van der Waals surface area contributed by atoms with Crippen molar-refractivity contribution in [1.82, 2.24) is 4.90 Å². The molecule has 3 nitrogen and oxygen atoms in total. The van der Waals surface area contributed by atoms with E-state index >= 15 is 0 Å². The fraction of sp³-hybridized carbons (Fsp3) is 0.462. The number of hydrogen-bond acceptors (Lipinski definition) is 2. The van der Waals surface area contributed by atoms with Gasteiger partial charge in [0.15, 0.2) is 0 Å². The first-order valence-electron chi connectivity index (χ1n) is 5.91. The predicted octanol–water partition coefficient (Wildman–Crippen LogP) is 1.55. The van der Waals surface area contributed by atoms with Gasteiger partial charge in [-0.2, -0.15) is 0 Å². The van der Waals surface area contributed by atoms with Crippen molar-refractivity contribution in [3.63, 3.8) is 0 Å². The van der Waals surface area contributed by atoms with Crippen LogP contribution in [0.3, 0.4) is 0 Å². The van der Waals surface area contributed by atoms with Gasteiger partial charge in [-0.15, -0.1) is 0 Å². The smallest absolute Gasteiger partial charge is 0.254 e. The second-order valence-corrected chi connectivity index (χ2v) is 4.74. The van der Waals surface area contributed by atoms with Gasteiger partial charge >= 0.3 is 0 Å². The Hall–Kier alpha value is -1.35. The maximum Gasteiger partial charge on any atom is 0.254 e. The van der Waals surface area contributed by atoms with E-state index in [0.29, 0.717) is 12.5 Å². The first-order chi connectivity index (χ1) is 7.81. The van der Waals surface area contributed by atoms with Crippen molar-refractivity contribution in [3.8, 4) is 0 Å². The minimum atomic E-state index is 0.101. The van der Waals surface area contributed by atoms with Gasteiger partial charge in [-0.25, -0.2) is 0 Å². The van der Waals surface area contributed by atoms with E-state index in [1.54, 1.807) is 0 Å². The second-order valence-electron chi connectivity index (χ2n) is 4.74. The van der Waals surface area contributed by atoms with Crippen LogP contribution in [0.2, 0.25) is 0 Å². The molecule has 1 aromatic rings. The average molecular weight is 216 g/mol. The van der Waals surface area contributed by atoms with Crippen molar-refractivity contribution in [3.05, 3.63) is 35.4 Å². The number of nitrogens with two attached hydrogens (primary N) is 1. The molecule has 1 atom stereocenters. The summed E-state index contributed by atoms with van der Waals surface area (Å²) in [4.78, 5) is 14.2. The quantitative estimate of drug-likeness (QED) is 0.833. The topological polar surface area (TPSA) is 46.3 Å². The molecule has 84 valence electrons. The van der Waals surface area contributed by atoms with E-state index in [9.17, 15) is 4.79 Å². The van der Waals surface area contributed by atoms with E-state index in [0.717, 1.165) is 17.7 Å². The largest absolute Gasteiger partial charge is 0.330 e. The van der Waals surface area contributed by atoms with E-state index in [-0.39, 0.29) is 11.9 Å². The normalized spacial score (nSPS) is 23.7. The number of nitrogens with zero attached hydrogens (tertiary/aromatic N) is 1. The van der Waals surface area contributed by atoms with Crippen molar-refractivity contribution >= 4 is 5.91 Å². The Kier molecular flexibility index (Phi) is 2.21. The van der Waals surface area contributed by atoms with Crippen LogP contribution in [0.1, 0.15) is 34.8 Å². The summed E-state index contributed by atoms with van der Waals surface area (Å²) >= 11 is 0. The van der Waals surface area contributed by atoms with Crippen LogP contribution in [0, 0.1) is 5.92 Å². The molecular formula is C13H16N2O. The summed E-state index contributed by atoms with van der Waals surface area (Å²) in [6.07, 6.45) is 2.52. The molecule has 0 radical (unpaired) electrons. The Labute approximate surface area is 95.2 Å². The number of amides is 1. The summed E-state index contributed by atoms with van der Waals surface area (Å²) in [5.41, 5.74) is 7.76.